The van der Waals surface area contributed by atoms with Gasteiger partial charge in [-0.1, -0.05) is 34.6 Å². The molecule has 1 aromatic carbocycles. The summed E-state index contributed by atoms with van der Waals surface area (Å²) in [6.07, 6.45) is 1.37. The van der Waals surface area contributed by atoms with E-state index in [0.29, 0.717) is 24.5 Å². The number of nitro groups is 1. The summed E-state index contributed by atoms with van der Waals surface area (Å²) >= 11 is 0. The van der Waals surface area contributed by atoms with E-state index in [1.807, 2.05) is 46.9 Å². The molecule has 1 heterocycles. The Morgan fingerprint density at radius 1 is 1.12 bits per heavy atom. The number of benzene rings is 1. The van der Waals surface area contributed by atoms with Gasteiger partial charge in [-0.3, -0.25) is 15.0 Å². The van der Waals surface area contributed by atoms with Crippen LogP contribution in [0.2, 0.25) is 0 Å². The number of ether oxygens (including phenoxy) is 2. The first kappa shape index (κ1) is 26.2. The van der Waals surface area contributed by atoms with Crippen LogP contribution in [0.5, 0.6) is 5.75 Å². The van der Waals surface area contributed by atoms with Gasteiger partial charge in [0.2, 0.25) is 0 Å². The minimum absolute atomic E-state index is 0.0765. The van der Waals surface area contributed by atoms with Crippen molar-refractivity contribution in [1.82, 2.24) is 9.88 Å². The molecular weight excluding hydrogens is 422 g/mol. The maximum Gasteiger partial charge on any atom is 0.410 e. The van der Waals surface area contributed by atoms with Crippen LogP contribution in [-0.2, 0) is 23.2 Å². The molecule has 1 aromatic heterocycles. The van der Waals surface area contributed by atoms with Crippen molar-refractivity contribution in [3.8, 4) is 5.75 Å². The van der Waals surface area contributed by atoms with E-state index in [9.17, 15) is 14.9 Å². The molecule has 0 radical (unpaired) electrons. The summed E-state index contributed by atoms with van der Waals surface area (Å²) in [7, 11) is 0. The number of aromatic amines is 1. The van der Waals surface area contributed by atoms with E-state index in [1.165, 1.54) is 12.1 Å². The molecule has 33 heavy (non-hydrogen) atoms. The largest absolute Gasteiger partial charge is 0.493 e. The van der Waals surface area contributed by atoms with Crippen molar-refractivity contribution in [3.05, 3.63) is 57.4 Å². The minimum atomic E-state index is -0.672. The molecule has 0 bridgehead atoms. The van der Waals surface area contributed by atoms with Gasteiger partial charge in [-0.2, -0.15) is 0 Å². The second kappa shape index (κ2) is 10.3. The van der Waals surface area contributed by atoms with Crippen LogP contribution in [-0.4, -0.2) is 33.1 Å². The predicted octanol–water partition coefficient (Wildman–Crippen LogP) is 6.19. The second-order valence-corrected chi connectivity index (χ2v) is 10.8. The average molecular weight is 460 g/mol. The van der Waals surface area contributed by atoms with E-state index >= 15 is 0 Å². The summed E-state index contributed by atoms with van der Waals surface area (Å²) in [6.45, 7) is 16.6. The first-order valence-corrected chi connectivity index (χ1v) is 11.2. The lowest BCUT2D eigenvalue weighted by Gasteiger charge is -2.29. The van der Waals surface area contributed by atoms with Gasteiger partial charge in [-0.15, -0.1) is 0 Å². The Hall–Kier alpha value is -3.03. The first-order chi connectivity index (χ1) is 15.2. The molecule has 2 aromatic rings. The smallest absolute Gasteiger partial charge is 0.410 e. The van der Waals surface area contributed by atoms with Gasteiger partial charge < -0.3 is 14.5 Å². The van der Waals surface area contributed by atoms with E-state index in [4.69, 9.17) is 9.47 Å². The topological polar surface area (TPSA) is 97.7 Å². The molecule has 0 aliphatic rings. The van der Waals surface area contributed by atoms with E-state index in [2.05, 4.69) is 25.8 Å². The number of nitrogens with zero attached hydrogens (tertiary/aromatic N) is 2. The fraction of sp³-hybridized carbons (Fsp3) is 0.560. The third-order valence-electron chi connectivity index (χ3n) is 4.71. The van der Waals surface area contributed by atoms with Crippen molar-refractivity contribution in [2.45, 2.75) is 79.5 Å². The summed E-state index contributed by atoms with van der Waals surface area (Å²) < 4.78 is 11.4. The molecule has 182 valence electrons. The van der Waals surface area contributed by atoms with Gasteiger partial charge in [0.1, 0.15) is 11.4 Å². The molecule has 0 atom stereocenters. The first-order valence-electron chi connectivity index (χ1n) is 11.2. The summed E-state index contributed by atoms with van der Waals surface area (Å²) in [6, 6.07) is 6.58. The highest BCUT2D eigenvalue weighted by Gasteiger charge is 2.26. The fourth-order valence-corrected chi connectivity index (χ4v) is 3.36. The molecule has 1 N–H and O–H groups in total. The highest BCUT2D eigenvalue weighted by molar-refractivity contribution is 5.68. The Kier molecular flexibility index (Phi) is 8.16. The summed E-state index contributed by atoms with van der Waals surface area (Å²) in [4.78, 5) is 29.0. The molecule has 0 unspecified atom stereocenters. The van der Waals surface area contributed by atoms with E-state index in [1.54, 1.807) is 11.0 Å². The Morgan fingerprint density at radius 3 is 2.33 bits per heavy atom. The highest BCUT2D eigenvalue weighted by Crippen LogP contribution is 2.28. The zero-order chi connectivity index (χ0) is 25.0. The Labute approximate surface area is 196 Å². The Morgan fingerprint density at radius 2 is 1.79 bits per heavy atom. The number of amides is 1. The quantitative estimate of drug-likeness (QED) is 0.375. The zero-order valence-corrected chi connectivity index (χ0v) is 21.0. The highest BCUT2D eigenvalue weighted by atomic mass is 16.6. The van der Waals surface area contributed by atoms with Crippen molar-refractivity contribution < 1.29 is 19.2 Å². The zero-order valence-electron chi connectivity index (χ0n) is 21.0. The van der Waals surface area contributed by atoms with Crippen LogP contribution in [0.25, 0.3) is 0 Å². The number of hydrogen-bond donors (Lipinski definition) is 1. The van der Waals surface area contributed by atoms with Crippen LogP contribution in [0, 0.1) is 16.0 Å². The number of nitrogens with one attached hydrogen (secondary N) is 1. The molecular formula is C25H37N3O5. The van der Waals surface area contributed by atoms with Crippen molar-refractivity contribution in [2.75, 3.05) is 6.61 Å². The molecule has 0 spiro atoms. The van der Waals surface area contributed by atoms with Crippen molar-refractivity contribution in [1.29, 1.82) is 0 Å². The van der Waals surface area contributed by atoms with Crippen LogP contribution in [0.4, 0.5) is 10.5 Å². The lowest BCUT2D eigenvalue weighted by molar-refractivity contribution is -0.385. The number of rotatable bonds is 8. The molecule has 2 rings (SSSR count). The number of non-ortho nitro benzene ring substituents is 1. The van der Waals surface area contributed by atoms with Gasteiger partial charge in [-0.05, 0) is 49.9 Å². The molecule has 0 aliphatic carbocycles. The SMILES string of the molecule is CC(C)COc1cc(CN(Cc2cc[nH]c2C(C)(C)C)C(=O)OC(C)(C)C)cc([N+](=O)[O-])c1. The van der Waals surface area contributed by atoms with Gasteiger partial charge in [-0.25, -0.2) is 4.79 Å². The number of H-pyrrole nitrogens is 1. The standard InChI is InChI=1S/C25H37N3O5/c1-17(2)16-32-21-12-18(11-20(13-21)28(30)31)14-27(23(29)33-25(6,7)8)15-19-9-10-26-22(19)24(3,4)5/h9-13,17,26H,14-16H2,1-8H3. The van der Waals surface area contributed by atoms with Gasteiger partial charge in [0.05, 0.1) is 24.1 Å². The molecule has 0 saturated carbocycles. The van der Waals surface area contributed by atoms with Crippen molar-refractivity contribution in [3.63, 3.8) is 0 Å². The monoisotopic (exact) mass is 459 g/mol. The number of carbonyl (C=O) groups is 1. The van der Waals surface area contributed by atoms with E-state index < -0.39 is 16.6 Å². The molecule has 8 nitrogen and oxygen atoms in total. The summed E-state index contributed by atoms with van der Waals surface area (Å²) in [5.74, 6) is 0.685. The van der Waals surface area contributed by atoms with Crippen LogP contribution < -0.4 is 4.74 Å². The summed E-state index contributed by atoms with van der Waals surface area (Å²) in [5, 5.41) is 11.5. The van der Waals surface area contributed by atoms with Gasteiger partial charge >= 0.3 is 6.09 Å². The van der Waals surface area contributed by atoms with Gasteiger partial charge in [0, 0.05) is 29.9 Å². The second-order valence-electron chi connectivity index (χ2n) is 10.8. The van der Waals surface area contributed by atoms with Crippen LogP contribution >= 0.6 is 0 Å². The maximum absolute atomic E-state index is 13.1. The predicted molar refractivity (Wildman–Crippen MR) is 128 cm³/mol. The third kappa shape index (κ3) is 8.11. The van der Waals surface area contributed by atoms with Crippen molar-refractivity contribution in [2.24, 2.45) is 5.92 Å². The number of carbonyl (C=O) groups excluding carboxylic acids is 1. The molecule has 8 heteroatoms. The van der Waals surface area contributed by atoms with E-state index in [0.717, 1.165) is 11.3 Å². The number of hydrogen-bond acceptors (Lipinski definition) is 5. The lowest BCUT2D eigenvalue weighted by atomic mass is 9.89. The average Bonchev–Trinajstić information content (AvgIpc) is 3.13. The van der Waals surface area contributed by atoms with Gasteiger partial charge in [0.15, 0.2) is 0 Å². The lowest BCUT2D eigenvalue weighted by Crippen LogP contribution is -2.36. The Balaban J connectivity index is 2.41. The maximum atomic E-state index is 13.1. The van der Waals surface area contributed by atoms with Gasteiger partial charge in [0.25, 0.3) is 5.69 Å². The minimum Gasteiger partial charge on any atom is -0.493 e. The Bertz CT molecular complexity index is 967. The molecule has 0 saturated heterocycles. The number of aromatic nitrogens is 1. The van der Waals surface area contributed by atoms with Crippen LogP contribution in [0.1, 0.15) is 72.2 Å². The van der Waals surface area contributed by atoms with Crippen molar-refractivity contribution >= 4 is 11.8 Å². The molecule has 0 fully saturated rings. The fourth-order valence-electron chi connectivity index (χ4n) is 3.36. The molecule has 1 amide bonds. The van der Waals surface area contributed by atoms with Crippen LogP contribution in [0.3, 0.4) is 0 Å². The van der Waals surface area contributed by atoms with E-state index in [-0.39, 0.29) is 23.6 Å². The van der Waals surface area contributed by atoms with Crippen LogP contribution in [0.15, 0.2) is 30.5 Å². The number of nitro benzene ring substituents is 1. The third-order valence-corrected chi connectivity index (χ3v) is 4.71. The summed E-state index contributed by atoms with van der Waals surface area (Å²) in [5.41, 5.74) is 1.70. The normalized spacial score (nSPS) is 12.0. The molecule has 0 aliphatic heterocycles.